The van der Waals surface area contributed by atoms with E-state index in [-0.39, 0.29) is 5.56 Å². The summed E-state index contributed by atoms with van der Waals surface area (Å²) in [5.74, 6) is -0.550. The Morgan fingerprint density at radius 3 is 2.80 bits per heavy atom. The first kappa shape index (κ1) is 12.2. The van der Waals surface area contributed by atoms with Crippen LogP contribution in [-0.2, 0) is 11.0 Å². The molecular weight excluding hydrogens is 282 g/mol. The van der Waals surface area contributed by atoms with Crippen molar-refractivity contribution in [3.63, 3.8) is 0 Å². The van der Waals surface area contributed by atoms with Gasteiger partial charge >= 0.3 is 5.97 Å². The van der Waals surface area contributed by atoms with Gasteiger partial charge in [-0.2, -0.15) is 0 Å². The van der Waals surface area contributed by atoms with Crippen molar-refractivity contribution >= 4 is 38.6 Å². The number of benzene rings is 1. The molecule has 1 unspecified atom stereocenters. The van der Waals surface area contributed by atoms with Crippen molar-refractivity contribution in [2.45, 2.75) is 6.92 Å². The van der Waals surface area contributed by atoms with Crippen LogP contribution < -0.4 is 4.72 Å². The van der Waals surface area contributed by atoms with Gasteiger partial charge in [0.1, 0.15) is 11.0 Å². The van der Waals surface area contributed by atoms with Crippen LogP contribution in [0.2, 0.25) is 0 Å². The van der Waals surface area contributed by atoms with E-state index in [2.05, 4.69) is 20.7 Å². The van der Waals surface area contributed by atoms with Crippen molar-refractivity contribution in [1.82, 2.24) is 0 Å². The highest BCUT2D eigenvalue weighted by atomic mass is 79.9. The summed E-state index contributed by atoms with van der Waals surface area (Å²) in [4.78, 5) is 10.8. The number of carbonyl (C=O) groups is 1. The average molecular weight is 292 g/mol. The molecule has 0 aromatic heterocycles. The number of carboxylic acids is 1. The number of carboxylic acid groups (broad SMARTS) is 1. The summed E-state index contributed by atoms with van der Waals surface area (Å²) in [5.41, 5.74) is 0.684. The van der Waals surface area contributed by atoms with Gasteiger partial charge in [0, 0.05) is 15.9 Å². The Morgan fingerprint density at radius 2 is 2.27 bits per heavy atom. The number of halogens is 1. The molecule has 0 spiro atoms. The maximum atomic E-state index is 11.2. The lowest BCUT2D eigenvalue weighted by Crippen LogP contribution is -2.07. The quantitative estimate of drug-likeness (QED) is 0.894. The molecule has 1 atom stereocenters. The van der Waals surface area contributed by atoms with Crippen molar-refractivity contribution in [2.75, 3.05) is 10.5 Å². The number of rotatable bonds is 4. The molecule has 0 fully saturated rings. The number of hydrogen-bond acceptors (Lipinski definition) is 2. The normalized spacial score (nSPS) is 12.1. The van der Waals surface area contributed by atoms with Gasteiger partial charge in [-0.25, -0.2) is 9.00 Å². The molecule has 4 nitrogen and oxygen atoms in total. The Bertz CT molecular complexity index is 408. The SMILES string of the molecule is CCS(=O)Nc1ccc(Br)c(C(=O)O)c1. The molecule has 0 aliphatic rings. The lowest BCUT2D eigenvalue weighted by molar-refractivity contribution is 0.0696. The first-order valence-electron chi connectivity index (χ1n) is 4.22. The van der Waals surface area contributed by atoms with E-state index in [9.17, 15) is 9.00 Å². The zero-order valence-electron chi connectivity index (χ0n) is 7.99. The fraction of sp³-hybridized carbons (Fsp3) is 0.222. The van der Waals surface area contributed by atoms with Crippen LogP contribution in [-0.4, -0.2) is 21.0 Å². The molecule has 1 rings (SSSR count). The molecule has 82 valence electrons. The summed E-state index contributed by atoms with van der Waals surface area (Å²) >= 11 is 3.13. The van der Waals surface area contributed by atoms with Crippen LogP contribution in [0.4, 0.5) is 5.69 Å². The summed E-state index contributed by atoms with van der Waals surface area (Å²) in [6.07, 6.45) is 0. The van der Waals surface area contributed by atoms with Crippen LogP contribution >= 0.6 is 15.9 Å². The zero-order chi connectivity index (χ0) is 11.4. The third-order valence-corrected chi connectivity index (χ3v) is 3.37. The largest absolute Gasteiger partial charge is 0.478 e. The summed E-state index contributed by atoms with van der Waals surface area (Å²) < 4.78 is 14.4. The van der Waals surface area contributed by atoms with Crippen molar-refractivity contribution in [2.24, 2.45) is 0 Å². The molecule has 0 heterocycles. The second-order valence-corrected chi connectivity index (χ2v) is 5.06. The van der Waals surface area contributed by atoms with E-state index in [1.54, 1.807) is 19.1 Å². The Kier molecular flexibility index (Phi) is 4.28. The maximum Gasteiger partial charge on any atom is 0.336 e. The van der Waals surface area contributed by atoms with E-state index in [0.29, 0.717) is 15.9 Å². The molecule has 0 aliphatic carbocycles. The Balaban J connectivity index is 2.97. The van der Waals surface area contributed by atoms with E-state index in [0.717, 1.165) is 0 Å². The highest BCUT2D eigenvalue weighted by Crippen LogP contribution is 2.21. The highest BCUT2D eigenvalue weighted by Gasteiger charge is 2.09. The molecule has 0 aliphatic heterocycles. The van der Waals surface area contributed by atoms with Crippen LogP contribution in [0.1, 0.15) is 17.3 Å². The van der Waals surface area contributed by atoms with E-state index < -0.39 is 17.0 Å². The van der Waals surface area contributed by atoms with Crippen LogP contribution in [0.15, 0.2) is 22.7 Å². The van der Waals surface area contributed by atoms with Crippen LogP contribution in [0.5, 0.6) is 0 Å². The molecule has 6 heteroatoms. The Labute approximate surface area is 98.4 Å². The van der Waals surface area contributed by atoms with Gasteiger partial charge < -0.3 is 9.83 Å². The van der Waals surface area contributed by atoms with Gasteiger partial charge in [-0.15, -0.1) is 0 Å². The minimum atomic E-state index is -1.16. The molecule has 0 saturated carbocycles. The lowest BCUT2D eigenvalue weighted by Gasteiger charge is -2.06. The molecule has 1 aromatic carbocycles. The third kappa shape index (κ3) is 3.32. The van der Waals surface area contributed by atoms with Crippen molar-refractivity contribution in [3.05, 3.63) is 28.2 Å². The van der Waals surface area contributed by atoms with Gasteiger partial charge in [0.05, 0.1) is 5.56 Å². The zero-order valence-corrected chi connectivity index (χ0v) is 10.4. The third-order valence-electron chi connectivity index (χ3n) is 1.69. The van der Waals surface area contributed by atoms with Crippen LogP contribution in [0, 0.1) is 0 Å². The number of hydrogen-bond donors (Lipinski definition) is 2. The maximum absolute atomic E-state index is 11.2. The van der Waals surface area contributed by atoms with Crippen LogP contribution in [0.3, 0.4) is 0 Å². The minimum Gasteiger partial charge on any atom is -0.478 e. The minimum absolute atomic E-state index is 0.146. The first-order chi connectivity index (χ1) is 7.04. The highest BCUT2D eigenvalue weighted by molar-refractivity contribution is 9.10. The van der Waals surface area contributed by atoms with E-state index >= 15 is 0 Å². The van der Waals surface area contributed by atoms with E-state index in [1.165, 1.54) is 6.07 Å². The molecule has 0 bridgehead atoms. The average Bonchev–Trinajstić information content (AvgIpc) is 2.20. The summed E-state index contributed by atoms with van der Waals surface area (Å²) in [7, 11) is -1.16. The molecule has 0 saturated heterocycles. The summed E-state index contributed by atoms with van der Waals surface area (Å²) in [6.45, 7) is 1.78. The molecule has 0 radical (unpaired) electrons. The molecule has 1 aromatic rings. The molecule has 15 heavy (non-hydrogen) atoms. The van der Waals surface area contributed by atoms with E-state index in [4.69, 9.17) is 5.11 Å². The van der Waals surface area contributed by atoms with Crippen molar-refractivity contribution < 1.29 is 14.1 Å². The lowest BCUT2D eigenvalue weighted by atomic mass is 10.2. The second-order valence-electron chi connectivity index (χ2n) is 2.74. The topological polar surface area (TPSA) is 66.4 Å². The Hall–Kier alpha value is -0.880. The van der Waals surface area contributed by atoms with Gasteiger partial charge in [-0.05, 0) is 34.1 Å². The molecule has 2 N–H and O–H groups in total. The standard InChI is InChI=1S/C9H10BrNO3S/c1-2-15(14)11-6-3-4-8(10)7(5-6)9(12)13/h3-5,11H,2H2,1H3,(H,12,13). The van der Waals surface area contributed by atoms with Gasteiger partial charge in [0.2, 0.25) is 0 Å². The van der Waals surface area contributed by atoms with E-state index in [1.807, 2.05) is 0 Å². The number of anilines is 1. The summed E-state index contributed by atoms with van der Waals surface area (Å²) in [6, 6.07) is 4.72. The molecule has 0 amide bonds. The second kappa shape index (κ2) is 5.27. The fourth-order valence-electron chi connectivity index (χ4n) is 0.956. The van der Waals surface area contributed by atoms with Crippen LogP contribution in [0.25, 0.3) is 0 Å². The van der Waals surface area contributed by atoms with Crippen molar-refractivity contribution in [1.29, 1.82) is 0 Å². The van der Waals surface area contributed by atoms with Gasteiger partial charge in [-0.1, -0.05) is 6.92 Å². The van der Waals surface area contributed by atoms with Gasteiger partial charge in [0.25, 0.3) is 0 Å². The number of aromatic carboxylic acids is 1. The van der Waals surface area contributed by atoms with Gasteiger partial charge in [-0.3, -0.25) is 0 Å². The monoisotopic (exact) mass is 291 g/mol. The fourth-order valence-corrected chi connectivity index (χ4v) is 1.91. The summed E-state index contributed by atoms with van der Waals surface area (Å²) in [5, 5.41) is 8.85. The number of nitrogens with one attached hydrogen (secondary N) is 1. The first-order valence-corrected chi connectivity index (χ1v) is 6.33. The predicted molar refractivity (Wildman–Crippen MR) is 63.4 cm³/mol. The molecular formula is C9H10BrNO3S. The smallest absolute Gasteiger partial charge is 0.336 e. The van der Waals surface area contributed by atoms with Crippen molar-refractivity contribution in [3.8, 4) is 0 Å². The predicted octanol–water partition coefficient (Wildman–Crippen LogP) is 2.24. The van der Waals surface area contributed by atoms with Gasteiger partial charge in [0.15, 0.2) is 0 Å². The Morgan fingerprint density at radius 1 is 1.60 bits per heavy atom.